The molecule has 0 bridgehead atoms. The van der Waals surface area contributed by atoms with Gasteiger partial charge in [0, 0.05) is 28.2 Å². The lowest BCUT2D eigenvalue weighted by Crippen LogP contribution is -2.27. The number of hydrogen-bond acceptors (Lipinski definition) is 6. The number of nitrogens with one attached hydrogen (secondary N) is 1. The van der Waals surface area contributed by atoms with Gasteiger partial charge in [-0.2, -0.15) is 0 Å². The number of esters is 1. The Bertz CT molecular complexity index is 1370. The van der Waals surface area contributed by atoms with Gasteiger partial charge in [-0.1, -0.05) is 30.3 Å². The molecular weight excluding hydrogens is 442 g/mol. The lowest BCUT2D eigenvalue weighted by atomic mass is 10.1. The topological polar surface area (TPSA) is 107 Å². The minimum Gasteiger partial charge on any atom is -0.456 e. The Morgan fingerprint density at radius 2 is 1.73 bits per heavy atom. The van der Waals surface area contributed by atoms with Gasteiger partial charge < -0.3 is 9.30 Å². The lowest BCUT2D eigenvalue weighted by molar-refractivity contribution is -0.143. The van der Waals surface area contributed by atoms with Crippen LogP contribution in [0.3, 0.4) is 0 Å². The number of ketones is 1. The molecule has 1 aromatic heterocycles. The first kappa shape index (κ1) is 22.5. The van der Waals surface area contributed by atoms with Gasteiger partial charge in [0.25, 0.3) is 10.0 Å². The van der Waals surface area contributed by atoms with Gasteiger partial charge in [0.05, 0.1) is 4.90 Å². The van der Waals surface area contributed by atoms with E-state index in [0.29, 0.717) is 11.1 Å². The first-order valence-corrected chi connectivity index (χ1v) is 11.8. The summed E-state index contributed by atoms with van der Waals surface area (Å²) in [4.78, 5) is 29.5. The van der Waals surface area contributed by atoms with E-state index in [1.54, 1.807) is 24.3 Å². The Kier molecular flexibility index (Phi) is 5.90. The second kappa shape index (κ2) is 8.67. The first-order chi connectivity index (χ1) is 15.7. The molecule has 1 aliphatic rings. The standard InChI is InChI=1S/C24H23N3O5S/c1-15-13-20(17(3)27(15)18-9-5-4-6-10-18)21(28)14-32-24(29)16(2)25-23-19-11-7-8-12-22(19)33(30,31)26-23/h4-13,16H,14H2,1-3H3,(H,25,26)/t16-/m1/s1. The Balaban J connectivity index is 1.46. The van der Waals surface area contributed by atoms with Gasteiger partial charge in [-0.25, -0.2) is 13.2 Å². The maximum Gasteiger partial charge on any atom is 0.331 e. The number of sulfonamides is 1. The molecule has 0 radical (unpaired) electrons. The van der Waals surface area contributed by atoms with Gasteiger partial charge in [0.2, 0.25) is 5.78 Å². The van der Waals surface area contributed by atoms with Crippen molar-refractivity contribution in [1.29, 1.82) is 0 Å². The van der Waals surface area contributed by atoms with E-state index in [-0.39, 0.29) is 16.5 Å². The Morgan fingerprint density at radius 3 is 2.45 bits per heavy atom. The van der Waals surface area contributed by atoms with Gasteiger partial charge in [-0.3, -0.25) is 14.5 Å². The van der Waals surface area contributed by atoms with Crippen molar-refractivity contribution >= 4 is 27.6 Å². The van der Waals surface area contributed by atoms with Crippen LogP contribution in [0.25, 0.3) is 5.69 Å². The molecule has 0 aliphatic carbocycles. The van der Waals surface area contributed by atoms with E-state index in [0.717, 1.165) is 17.1 Å². The van der Waals surface area contributed by atoms with Crippen molar-refractivity contribution in [1.82, 2.24) is 9.29 Å². The van der Waals surface area contributed by atoms with Crippen molar-refractivity contribution in [3.63, 3.8) is 0 Å². The third-order valence-electron chi connectivity index (χ3n) is 5.42. The van der Waals surface area contributed by atoms with Crippen molar-refractivity contribution < 1.29 is 22.7 Å². The van der Waals surface area contributed by atoms with E-state index >= 15 is 0 Å². The first-order valence-electron chi connectivity index (χ1n) is 10.3. The largest absolute Gasteiger partial charge is 0.456 e. The zero-order valence-electron chi connectivity index (χ0n) is 18.4. The maximum atomic E-state index is 12.8. The molecule has 0 fully saturated rings. The highest BCUT2D eigenvalue weighted by Gasteiger charge is 2.31. The van der Waals surface area contributed by atoms with Gasteiger partial charge in [-0.05, 0) is 51.1 Å². The molecule has 0 unspecified atom stereocenters. The smallest absolute Gasteiger partial charge is 0.331 e. The number of aromatic nitrogens is 1. The molecule has 1 aliphatic heterocycles. The monoisotopic (exact) mass is 465 g/mol. The molecule has 9 heteroatoms. The van der Waals surface area contributed by atoms with Crippen LogP contribution in [-0.2, 0) is 19.6 Å². The second-order valence-electron chi connectivity index (χ2n) is 7.74. The highest BCUT2D eigenvalue weighted by Crippen LogP contribution is 2.23. The van der Waals surface area contributed by atoms with Crippen LogP contribution in [-0.4, -0.2) is 43.2 Å². The predicted molar refractivity (Wildman–Crippen MR) is 123 cm³/mol. The van der Waals surface area contributed by atoms with Crippen molar-refractivity contribution in [2.75, 3.05) is 6.61 Å². The molecule has 1 atom stereocenters. The van der Waals surface area contributed by atoms with Crippen LogP contribution in [0.2, 0.25) is 0 Å². The zero-order chi connectivity index (χ0) is 23.8. The quantitative estimate of drug-likeness (QED) is 0.445. The number of Topliss-reactive ketones (excluding diaryl/α,β-unsaturated/α-hetero) is 1. The normalized spacial score (nSPS) is 16.2. The number of nitrogens with zero attached hydrogens (tertiary/aromatic N) is 2. The van der Waals surface area contributed by atoms with E-state index in [2.05, 4.69) is 9.71 Å². The molecule has 2 heterocycles. The van der Waals surface area contributed by atoms with E-state index in [1.165, 1.54) is 13.0 Å². The van der Waals surface area contributed by atoms with E-state index in [1.807, 2.05) is 48.7 Å². The molecule has 0 amide bonds. The number of aryl methyl sites for hydroxylation is 1. The number of carbonyl (C=O) groups excluding carboxylic acids is 2. The van der Waals surface area contributed by atoms with Crippen LogP contribution in [0.15, 0.2) is 70.6 Å². The molecular formula is C24H23N3O5S. The van der Waals surface area contributed by atoms with E-state index in [4.69, 9.17) is 4.74 Å². The molecule has 0 saturated carbocycles. The van der Waals surface area contributed by atoms with Gasteiger partial charge in [0.15, 0.2) is 6.61 Å². The molecule has 170 valence electrons. The fourth-order valence-electron chi connectivity index (χ4n) is 3.83. The fourth-order valence-corrected chi connectivity index (χ4v) is 5.07. The molecule has 33 heavy (non-hydrogen) atoms. The highest BCUT2D eigenvalue weighted by molar-refractivity contribution is 7.90. The minimum absolute atomic E-state index is 0.0767. The number of benzene rings is 2. The number of aliphatic imine (C=N–C) groups is 1. The zero-order valence-corrected chi connectivity index (χ0v) is 19.2. The van der Waals surface area contributed by atoms with Crippen molar-refractivity contribution in [3.05, 3.63) is 83.2 Å². The van der Waals surface area contributed by atoms with Crippen LogP contribution in [0, 0.1) is 13.8 Å². The van der Waals surface area contributed by atoms with Crippen LogP contribution in [0.5, 0.6) is 0 Å². The van der Waals surface area contributed by atoms with Crippen molar-refractivity contribution in [2.45, 2.75) is 31.7 Å². The molecule has 1 N–H and O–H groups in total. The van der Waals surface area contributed by atoms with Crippen LogP contribution in [0.4, 0.5) is 0 Å². The minimum atomic E-state index is -3.71. The maximum absolute atomic E-state index is 12.8. The molecule has 8 nitrogen and oxygen atoms in total. The number of amidine groups is 1. The summed E-state index contributed by atoms with van der Waals surface area (Å²) < 4.78 is 33.9. The summed E-state index contributed by atoms with van der Waals surface area (Å²) in [6.07, 6.45) is 0. The summed E-state index contributed by atoms with van der Waals surface area (Å²) in [7, 11) is -3.71. The van der Waals surface area contributed by atoms with E-state index < -0.39 is 28.6 Å². The number of carbonyl (C=O) groups is 2. The molecule has 0 spiro atoms. The lowest BCUT2D eigenvalue weighted by Gasteiger charge is -2.10. The SMILES string of the molecule is Cc1cc(C(=O)COC(=O)[C@@H](C)N=C2NS(=O)(=O)c3ccccc32)c(C)n1-c1ccccc1. The molecule has 4 rings (SSSR count). The summed E-state index contributed by atoms with van der Waals surface area (Å²) in [5.74, 6) is -0.977. The van der Waals surface area contributed by atoms with Crippen LogP contribution >= 0.6 is 0 Å². The average molecular weight is 466 g/mol. The molecule has 3 aromatic rings. The number of fused-ring (bicyclic) bond motifs is 1. The van der Waals surface area contributed by atoms with Crippen molar-refractivity contribution in [2.24, 2.45) is 4.99 Å². The van der Waals surface area contributed by atoms with Gasteiger partial charge in [-0.15, -0.1) is 0 Å². The molecule has 2 aromatic carbocycles. The number of para-hydroxylation sites is 1. The van der Waals surface area contributed by atoms with Gasteiger partial charge in [0.1, 0.15) is 11.9 Å². The van der Waals surface area contributed by atoms with Crippen molar-refractivity contribution in [3.8, 4) is 5.69 Å². The Morgan fingerprint density at radius 1 is 1.06 bits per heavy atom. The van der Waals surface area contributed by atoms with E-state index in [9.17, 15) is 18.0 Å². The number of rotatable bonds is 6. The summed E-state index contributed by atoms with van der Waals surface area (Å²) in [6, 6.07) is 16.8. The number of ether oxygens (including phenoxy) is 1. The summed E-state index contributed by atoms with van der Waals surface area (Å²) in [5, 5.41) is 0. The summed E-state index contributed by atoms with van der Waals surface area (Å²) >= 11 is 0. The molecule has 0 saturated heterocycles. The Labute approximate surface area is 192 Å². The second-order valence-corrected chi connectivity index (χ2v) is 9.39. The van der Waals surface area contributed by atoms with Crippen LogP contribution in [0.1, 0.15) is 34.2 Å². The van der Waals surface area contributed by atoms with Crippen LogP contribution < -0.4 is 4.72 Å². The predicted octanol–water partition coefficient (Wildman–Crippen LogP) is 2.95. The fraction of sp³-hybridized carbons (Fsp3) is 0.208. The summed E-state index contributed by atoms with van der Waals surface area (Å²) in [5.41, 5.74) is 3.44. The number of hydrogen-bond donors (Lipinski definition) is 1. The third-order valence-corrected chi connectivity index (χ3v) is 6.82. The average Bonchev–Trinajstić information content (AvgIpc) is 3.24. The van der Waals surface area contributed by atoms with Gasteiger partial charge >= 0.3 is 5.97 Å². The highest BCUT2D eigenvalue weighted by atomic mass is 32.2. The Hall–Kier alpha value is -3.72. The third kappa shape index (κ3) is 4.31. The summed E-state index contributed by atoms with van der Waals surface area (Å²) in [6.45, 7) is 4.79.